The summed E-state index contributed by atoms with van der Waals surface area (Å²) in [6.45, 7) is 4.44. The number of phosphoric ester groups is 1. The Morgan fingerprint density at radius 1 is 0.750 bits per heavy atom. The highest BCUT2D eigenvalue weighted by Gasteiger charge is 2.20. The number of aryl methyl sites for hydroxylation is 1. The van der Waals surface area contributed by atoms with Crippen molar-refractivity contribution in [2.24, 2.45) is 0 Å². The largest absolute Gasteiger partial charge is 0.756 e. The van der Waals surface area contributed by atoms with E-state index in [0.717, 1.165) is 37.2 Å². The van der Waals surface area contributed by atoms with Crippen LogP contribution in [0.1, 0.15) is 128 Å². The minimum Gasteiger partial charge on any atom is -0.756 e. The first-order chi connectivity index (χ1) is 25.0. The number of rotatable bonds is 36. The number of carbonyl (C=O) groups excluding carboxylic acids is 1. The van der Waals surface area contributed by atoms with Crippen molar-refractivity contribution in [1.82, 2.24) is 0 Å². The second-order valence-electron chi connectivity index (χ2n) is 15.0. The number of hydrogen-bond acceptors (Lipinski definition) is 8. The average molecular weight is 796 g/mol. The van der Waals surface area contributed by atoms with Crippen molar-refractivity contribution in [2.75, 3.05) is 83.9 Å². The van der Waals surface area contributed by atoms with Crippen molar-refractivity contribution < 1.29 is 37.3 Å². The number of likely N-dealkylation sites (N-methyl/N-ethyl adjacent to an activating group) is 1. The van der Waals surface area contributed by atoms with Crippen LogP contribution in [-0.2, 0) is 34.3 Å². The van der Waals surface area contributed by atoms with Gasteiger partial charge in [0.2, 0.25) is 0 Å². The number of halogens is 2. The summed E-state index contributed by atoms with van der Waals surface area (Å²) in [7, 11) is 1.28. The first kappa shape index (κ1) is 49.1. The highest BCUT2D eigenvalue weighted by atomic mass is 35.5. The third-order valence-corrected chi connectivity index (χ3v) is 10.3. The van der Waals surface area contributed by atoms with Crippen LogP contribution in [0.25, 0.3) is 0 Å². The molecule has 0 aliphatic heterocycles. The van der Waals surface area contributed by atoms with E-state index in [1.165, 1.54) is 89.9 Å². The standard InChI is InChI=1S/C40H73Cl2N2O7P/c1-5-6-7-8-9-10-11-12-13-14-15-16-17-18-19-20-33-48-35-39(36-50-52(46,47)49-34-32-44(2,3)4)51-40(45)23-21-22-37-24-26-38(27-25-37)43(30-28-41)31-29-42/h24-27,39H,5-23,28-36H2,1-4H3/t39-/m1/s1. The van der Waals surface area contributed by atoms with Gasteiger partial charge in [-0.25, -0.2) is 0 Å². The molecule has 9 nitrogen and oxygen atoms in total. The topological polar surface area (TPSA) is 97.4 Å². The lowest BCUT2D eigenvalue weighted by Crippen LogP contribution is -2.37. The average Bonchev–Trinajstić information content (AvgIpc) is 3.09. The van der Waals surface area contributed by atoms with Gasteiger partial charge in [0, 0.05) is 43.6 Å². The molecule has 0 aliphatic carbocycles. The van der Waals surface area contributed by atoms with Crippen molar-refractivity contribution in [3.05, 3.63) is 29.8 Å². The highest BCUT2D eigenvalue weighted by molar-refractivity contribution is 7.45. The van der Waals surface area contributed by atoms with Crippen LogP contribution < -0.4 is 9.79 Å². The van der Waals surface area contributed by atoms with Gasteiger partial charge >= 0.3 is 5.97 Å². The van der Waals surface area contributed by atoms with Gasteiger partial charge in [-0.3, -0.25) is 9.36 Å². The molecule has 0 N–H and O–H groups in total. The summed E-state index contributed by atoms with van der Waals surface area (Å²) in [6, 6.07) is 8.18. The maximum absolute atomic E-state index is 12.8. The summed E-state index contributed by atoms with van der Waals surface area (Å²) in [5.41, 5.74) is 2.16. The lowest BCUT2D eigenvalue weighted by molar-refractivity contribution is -0.870. The second kappa shape index (κ2) is 31.3. The Bertz CT molecular complexity index is 1040. The number of carbonyl (C=O) groups is 1. The van der Waals surface area contributed by atoms with Crippen molar-refractivity contribution in [3.8, 4) is 0 Å². The summed E-state index contributed by atoms with van der Waals surface area (Å²) in [5, 5.41) is 0. The Hall–Kier alpha value is -0.900. The minimum absolute atomic E-state index is 0.00289. The fourth-order valence-electron chi connectivity index (χ4n) is 5.85. The second-order valence-corrected chi connectivity index (χ2v) is 17.1. The first-order valence-electron chi connectivity index (χ1n) is 20.1. The molecule has 0 aromatic heterocycles. The van der Waals surface area contributed by atoms with Crippen LogP contribution in [0.5, 0.6) is 0 Å². The highest BCUT2D eigenvalue weighted by Crippen LogP contribution is 2.38. The van der Waals surface area contributed by atoms with Crippen molar-refractivity contribution >= 4 is 42.7 Å². The van der Waals surface area contributed by atoms with Crippen LogP contribution in [0.3, 0.4) is 0 Å². The number of quaternary nitrogens is 1. The smallest absolute Gasteiger partial charge is 0.306 e. The fraction of sp³-hybridized carbons (Fsp3) is 0.825. The molecule has 0 aliphatic rings. The molecule has 1 aromatic rings. The molecule has 0 spiro atoms. The molecule has 52 heavy (non-hydrogen) atoms. The number of alkyl halides is 2. The van der Waals surface area contributed by atoms with Gasteiger partial charge in [0.25, 0.3) is 7.82 Å². The molecule has 0 saturated carbocycles. The molecule has 1 rings (SSSR count). The number of unbranched alkanes of at least 4 members (excludes halogenated alkanes) is 15. The van der Waals surface area contributed by atoms with Crippen LogP contribution in [-0.4, -0.2) is 95.5 Å². The molecule has 0 saturated heterocycles. The molecule has 0 bridgehead atoms. The first-order valence-corrected chi connectivity index (χ1v) is 22.7. The van der Waals surface area contributed by atoms with E-state index in [-0.39, 0.29) is 26.2 Å². The van der Waals surface area contributed by atoms with E-state index in [1.54, 1.807) is 0 Å². The van der Waals surface area contributed by atoms with Crippen LogP contribution in [0.2, 0.25) is 0 Å². The van der Waals surface area contributed by atoms with E-state index >= 15 is 0 Å². The lowest BCUT2D eigenvalue weighted by atomic mass is 10.0. The van der Waals surface area contributed by atoms with Crippen LogP contribution in [0, 0.1) is 0 Å². The van der Waals surface area contributed by atoms with Gasteiger partial charge in [-0.05, 0) is 37.0 Å². The van der Waals surface area contributed by atoms with Crippen molar-refractivity contribution in [2.45, 2.75) is 135 Å². The summed E-state index contributed by atoms with van der Waals surface area (Å²) >= 11 is 11.9. The van der Waals surface area contributed by atoms with Gasteiger partial charge in [-0.1, -0.05) is 115 Å². The third-order valence-electron chi connectivity index (χ3n) is 9.03. The number of benzene rings is 1. The molecule has 1 aromatic carbocycles. The molecule has 0 radical (unpaired) electrons. The van der Waals surface area contributed by atoms with E-state index in [9.17, 15) is 14.3 Å². The molecule has 0 fully saturated rings. The Balaban J connectivity index is 2.39. The summed E-state index contributed by atoms with van der Waals surface area (Å²) < 4.78 is 34.6. The van der Waals surface area contributed by atoms with Gasteiger partial charge in [-0.15, -0.1) is 23.2 Å². The minimum atomic E-state index is -4.56. The number of ether oxygens (including phenoxy) is 2. The van der Waals surface area contributed by atoms with Crippen molar-refractivity contribution in [3.63, 3.8) is 0 Å². The van der Waals surface area contributed by atoms with E-state index in [0.29, 0.717) is 42.2 Å². The SMILES string of the molecule is CCCCCCCCCCCCCCCCCCOC[C@H](COP(=O)([O-])OCC[N+](C)(C)C)OC(=O)CCCc1ccc(N(CCCl)CCCl)cc1. The van der Waals surface area contributed by atoms with Crippen LogP contribution in [0.15, 0.2) is 24.3 Å². The number of hydrogen-bond donors (Lipinski definition) is 0. The summed E-state index contributed by atoms with van der Waals surface area (Å²) in [4.78, 5) is 27.3. The van der Waals surface area contributed by atoms with Crippen molar-refractivity contribution in [1.29, 1.82) is 0 Å². The number of phosphoric acid groups is 1. The molecule has 2 atom stereocenters. The molecule has 304 valence electrons. The van der Waals surface area contributed by atoms with E-state index in [1.807, 2.05) is 45.4 Å². The Morgan fingerprint density at radius 2 is 1.27 bits per heavy atom. The van der Waals surface area contributed by atoms with Gasteiger partial charge in [-0.2, -0.15) is 0 Å². The maximum Gasteiger partial charge on any atom is 0.306 e. The van der Waals surface area contributed by atoms with Crippen LogP contribution in [0.4, 0.5) is 5.69 Å². The fourth-order valence-corrected chi connectivity index (χ4v) is 6.99. The Kier molecular flexibility index (Phi) is 29.6. The zero-order valence-electron chi connectivity index (χ0n) is 33.1. The van der Waals surface area contributed by atoms with E-state index in [2.05, 4.69) is 11.8 Å². The van der Waals surface area contributed by atoms with Gasteiger partial charge in [0.05, 0.1) is 34.4 Å². The molecule has 0 amide bonds. The quantitative estimate of drug-likeness (QED) is 0.0218. The summed E-state index contributed by atoms with van der Waals surface area (Å²) in [6.07, 6.45) is 21.4. The molecular weight excluding hydrogens is 722 g/mol. The monoisotopic (exact) mass is 794 g/mol. The third kappa shape index (κ3) is 28.5. The predicted molar refractivity (Wildman–Crippen MR) is 216 cm³/mol. The van der Waals surface area contributed by atoms with Crippen LogP contribution >= 0.6 is 31.0 Å². The Morgan fingerprint density at radius 3 is 1.77 bits per heavy atom. The zero-order chi connectivity index (χ0) is 38.3. The normalized spacial score (nSPS) is 13.6. The summed E-state index contributed by atoms with van der Waals surface area (Å²) in [5.74, 6) is 0.624. The number of anilines is 1. The zero-order valence-corrected chi connectivity index (χ0v) is 35.5. The van der Waals surface area contributed by atoms with Gasteiger partial charge in [0.1, 0.15) is 19.3 Å². The molecule has 12 heteroatoms. The van der Waals surface area contributed by atoms with Gasteiger partial charge < -0.3 is 32.8 Å². The molecule has 1 unspecified atom stereocenters. The number of esters is 1. The van der Waals surface area contributed by atoms with E-state index < -0.39 is 19.9 Å². The lowest BCUT2D eigenvalue weighted by Gasteiger charge is -2.28. The number of nitrogens with zero attached hydrogens (tertiary/aromatic N) is 2. The Labute approximate surface area is 327 Å². The predicted octanol–water partition coefficient (Wildman–Crippen LogP) is 9.69. The van der Waals surface area contributed by atoms with E-state index in [4.69, 9.17) is 41.7 Å². The maximum atomic E-state index is 12.8. The molecule has 0 heterocycles. The van der Waals surface area contributed by atoms with Gasteiger partial charge in [0.15, 0.2) is 0 Å². The molecular formula is C40H73Cl2N2O7P.